The molecule has 1 aromatic carbocycles. The number of anilines is 1. The lowest BCUT2D eigenvalue weighted by atomic mass is 10.2. The lowest BCUT2D eigenvalue weighted by Gasteiger charge is -2.31. The minimum absolute atomic E-state index is 0.0709. The van der Waals surface area contributed by atoms with Crippen LogP contribution in [-0.4, -0.2) is 30.4 Å². The highest BCUT2D eigenvalue weighted by atomic mass is 16.2. The van der Waals surface area contributed by atoms with E-state index >= 15 is 0 Å². The standard InChI is InChI=1S/C20H24N6O2/c1-12(2)26-19-21-17-16(25(19)14(4)13(3)22-26)18(27)24(20(28)23(17)5)11-15-9-7-6-8-10-15/h6-10,12,14H,11H2,1-5H3/t14-/m1/s1. The molecule has 0 saturated heterocycles. The van der Waals surface area contributed by atoms with Crippen LogP contribution >= 0.6 is 0 Å². The maximum absolute atomic E-state index is 13.4. The van der Waals surface area contributed by atoms with Crippen molar-refractivity contribution in [3.05, 3.63) is 56.7 Å². The Balaban J connectivity index is 2.03. The smallest absolute Gasteiger partial charge is 0.294 e. The number of hydrogen-bond acceptors (Lipinski definition) is 5. The zero-order valence-electron chi connectivity index (χ0n) is 16.7. The van der Waals surface area contributed by atoms with Gasteiger partial charge in [-0.2, -0.15) is 10.1 Å². The van der Waals surface area contributed by atoms with Crippen LogP contribution in [0.15, 0.2) is 45.0 Å². The highest BCUT2D eigenvalue weighted by molar-refractivity contribution is 5.91. The molecule has 0 amide bonds. The molecule has 2 aromatic heterocycles. The predicted octanol–water partition coefficient (Wildman–Crippen LogP) is 2.11. The summed E-state index contributed by atoms with van der Waals surface area (Å²) in [6, 6.07) is 9.46. The zero-order chi connectivity index (χ0) is 20.2. The number of aromatic nitrogens is 4. The summed E-state index contributed by atoms with van der Waals surface area (Å²) in [5.41, 5.74) is 1.90. The van der Waals surface area contributed by atoms with Crippen LogP contribution in [0, 0.1) is 0 Å². The molecule has 0 aliphatic carbocycles. The topological polar surface area (TPSA) is 77.4 Å². The van der Waals surface area contributed by atoms with Gasteiger partial charge in [0.05, 0.1) is 24.3 Å². The molecule has 0 saturated carbocycles. The second-order valence-electron chi connectivity index (χ2n) is 7.53. The van der Waals surface area contributed by atoms with Gasteiger partial charge in [0.15, 0.2) is 11.2 Å². The molecule has 0 spiro atoms. The lowest BCUT2D eigenvalue weighted by Crippen LogP contribution is -2.41. The van der Waals surface area contributed by atoms with E-state index in [0.717, 1.165) is 11.3 Å². The molecule has 28 heavy (non-hydrogen) atoms. The molecule has 0 radical (unpaired) electrons. The molecule has 0 unspecified atom stereocenters. The second kappa shape index (κ2) is 6.47. The highest BCUT2D eigenvalue weighted by Gasteiger charge is 2.31. The Kier molecular flexibility index (Phi) is 4.21. The molecule has 146 valence electrons. The number of imidazole rings is 1. The molecule has 0 fully saturated rings. The van der Waals surface area contributed by atoms with Crippen LogP contribution in [0.3, 0.4) is 0 Å². The Morgan fingerprint density at radius 1 is 1.14 bits per heavy atom. The van der Waals surface area contributed by atoms with Crippen LogP contribution in [0.1, 0.15) is 39.3 Å². The molecular weight excluding hydrogens is 356 g/mol. The van der Waals surface area contributed by atoms with E-state index in [2.05, 4.69) is 10.1 Å². The largest absolute Gasteiger partial charge is 0.332 e. The van der Waals surface area contributed by atoms with Crippen LogP contribution in [0.25, 0.3) is 11.2 Å². The normalized spacial score (nSPS) is 16.6. The first-order valence-corrected chi connectivity index (χ1v) is 9.41. The Labute approximate surface area is 162 Å². The highest BCUT2D eigenvalue weighted by Crippen LogP contribution is 2.30. The van der Waals surface area contributed by atoms with Crippen LogP contribution in [0.5, 0.6) is 0 Å². The van der Waals surface area contributed by atoms with E-state index < -0.39 is 0 Å². The Hall–Kier alpha value is -3.16. The first-order valence-electron chi connectivity index (χ1n) is 9.41. The molecule has 4 rings (SSSR count). The summed E-state index contributed by atoms with van der Waals surface area (Å²) in [7, 11) is 1.66. The minimum atomic E-state index is -0.377. The summed E-state index contributed by atoms with van der Waals surface area (Å²) in [5.74, 6) is 0.590. The van der Waals surface area contributed by atoms with Gasteiger partial charge in [-0.15, -0.1) is 0 Å². The SMILES string of the molecule is CC1=NN(C(C)C)c2nc3c(c(=O)n(Cc4ccccc4)c(=O)n3C)n2[C@@H]1C. The summed E-state index contributed by atoms with van der Waals surface area (Å²) in [5, 5.41) is 6.45. The molecular formula is C20H24N6O2. The van der Waals surface area contributed by atoms with E-state index in [0.29, 0.717) is 17.1 Å². The monoisotopic (exact) mass is 380 g/mol. The fourth-order valence-electron chi connectivity index (χ4n) is 3.59. The van der Waals surface area contributed by atoms with Crippen molar-refractivity contribution in [1.82, 2.24) is 18.7 Å². The van der Waals surface area contributed by atoms with Crippen molar-refractivity contribution in [2.75, 3.05) is 5.01 Å². The molecule has 1 aliphatic heterocycles. The average Bonchev–Trinajstić information content (AvgIpc) is 3.08. The van der Waals surface area contributed by atoms with E-state index in [9.17, 15) is 9.59 Å². The predicted molar refractivity (Wildman–Crippen MR) is 110 cm³/mol. The molecule has 0 N–H and O–H groups in total. The van der Waals surface area contributed by atoms with E-state index in [1.165, 1.54) is 9.13 Å². The third kappa shape index (κ3) is 2.59. The van der Waals surface area contributed by atoms with Crippen LogP contribution in [0.4, 0.5) is 5.95 Å². The van der Waals surface area contributed by atoms with Crippen molar-refractivity contribution in [3.8, 4) is 0 Å². The Bertz CT molecular complexity index is 1200. The van der Waals surface area contributed by atoms with Gasteiger partial charge < -0.3 is 0 Å². The summed E-state index contributed by atoms with van der Waals surface area (Å²) < 4.78 is 4.63. The van der Waals surface area contributed by atoms with Crippen LogP contribution in [-0.2, 0) is 13.6 Å². The van der Waals surface area contributed by atoms with Crippen molar-refractivity contribution in [3.63, 3.8) is 0 Å². The fraction of sp³-hybridized carbons (Fsp3) is 0.400. The number of hydrogen-bond donors (Lipinski definition) is 0. The molecule has 3 heterocycles. The summed E-state index contributed by atoms with van der Waals surface area (Å²) in [6.07, 6.45) is 0. The summed E-state index contributed by atoms with van der Waals surface area (Å²) in [4.78, 5) is 31.0. The van der Waals surface area contributed by atoms with Crippen molar-refractivity contribution < 1.29 is 0 Å². The molecule has 1 aliphatic rings. The number of rotatable bonds is 3. The zero-order valence-corrected chi connectivity index (χ0v) is 16.7. The maximum atomic E-state index is 13.4. The van der Waals surface area contributed by atoms with Crippen LogP contribution in [0.2, 0.25) is 0 Å². The number of aryl methyl sites for hydroxylation is 1. The first kappa shape index (κ1) is 18.2. The van der Waals surface area contributed by atoms with Gasteiger partial charge in [-0.1, -0.05) is 30.3 Å². The van der Waals surface area contributed by atoms with E-state index in [-0.39, 0.29) is 29.9 Å². The molecule has 0 bridgehead atoms. The second-order valence-corrected chi connectivity index (χ2v) is 7.53. The van der Waals surface area contributed by atoms with Crippen LogP contribution < -0.4 is 16.3 Å². The van der Waals surface area contributed by atoms with Gasteiger partial charge in [0, 0.05) is 7.05 Å². The van der Waals surface area contributed by atoms with E-state index in [1.807, 2.05) is 62.6 Å². The van der Waals surface area contributed by atoms with Gasteiger partial charge in [0.2, 0.25) is 5.95 Å². The van der Waals surface area contributed by atoms with Gasteiger partial charge in [-0.05, 0) is 33.3 Å². The fourth-order valence-corrected chi connectivity index (χ4v) is 3.59. The third-order valence-electron chi connectivity index (χ3n) is 5.29. The van der Waals surface area contributed by atoms with Crippen molar-refractivity contribution >= 4 is 22.8 Å². The first-order chi connectivity index (χ1) is 13.3. The van der Waals surface area contributed by atoms with Crippen molar-refractivity contribution in [2.45, 2.75) is 46.3 Å². The van der Waals surface area contributed by atoms with Gasteiger partial charge in [0.1, 0.15) is 0 Å². The summed E-state index contributed by atoms with van der Waals surface area (Å²) >= 11 is 0. The minimum Gasteiger partial charge on any atom is -0.294 e. The summed E-state index contributed by atoms with van der Waals surface area (Å²) in [6.45, 7) is 8.19. The molecule has 8 heteroatoms. The van der Waals surface area contributed by atoms with Crippen molar-refractivity contribution in [1.29, 1.82) is 0 Å². The average molecular weight is 380 g/mol. The van der Waals surface area contributed by atoms with Gasteiger partial charge in [-0.3, -0.25) is 18.5 Å². The lowest BCUT2D eigenvalue weighted by molar-refractivity contribution is 0.596. The molecule has 1 atom stereocenters. The quantitative estimate of drug-likeness (QED) is 0.697. The number of hydrazone groups is 1. The van der Waals surface area contributed by atoms with Gasteiger partial charge in [0.25, 0.3) is 5.56 Å². The Morgan fingerprint density at radius 3 is 2.46 bits per heavy atom. The number of nitrogens with zero attached hydrogens (tertiary/aromatic N) is 6. The number of fused-ring (bicyclic) bond motifs is 3. The maximum Gasteiger partial charge on any atom is 0.332 e. The third-order valence-corrected chi connectivity index (χ3v) is 5.29. The Morgan fingerprint density at radius 2 is 1.82 bits per heavy atom. The van der Waals surface area contributed by atoms with E-state index in [1.54, 1.807) is 12.1 Å². The van der Waals surface area contributed by atoms with E-state index in [4.69, 9.17) is 0 Å². The number of benzene rings is 1. The van der Waals surface area contributed by atoms with Gasteiger partial charge in [-0.25, -0.2) is 9.80 Å². The van der Waals surface area contributed by atoms with Gasteiger partial charge >= 0.3 is 5.69 Å². The van der Waals surface area contributed by atoms with Crippen molar-refractivity contribution in [2.24, 2.45) is 12.1 Å². The molecule has 3 aromatic rings. The molecule has 8 nitrogen and oxygen atoms in total.